The van der Waals surface area contributed by atoms with Crippen LogP contribution in [0.1, 0.15) is 12.6 Å². The highest BCUT2D eigenvalue weighted by Crippen LogP contribution is 2.31. The first-order valence-corrected chi connectivity index (χ1v) is 7.92. The molecule has 0 amide bonds. The van der Waals surface area contributed by atoms with Crippen LogP contribution in [0.15, 0.2) is 42.9 Å². The first-order chi connectivity index (χ1) is 11.1. The van der Waals surface area contributed by atoms with E-state index in [1.807, 2.05) is 0 Å². The van der Waals surface area contributed by atoms with Crippen LogP contribution in [-0.2, 0) is 16.5 Å². The fourth-order valence-electron chi connectivity index (χ4n) is 1.73. The lowest BCUT2D eigenvalue weighted by Crippen LogP contribution is -2.28. The van der Waals surface area contributed by atoms with E-state index in [0.717, 1.165) is 11.6 Å². The Labute approximate surface area is 136 Å². The second kappa shape index (κ2) is 6.56. The number of alkyl halides is 3. The van der Waals surface area contributed by atoms with Crippen LogP contribution in [0.2, 0.25) is 0 Å². The molecule has 0 N–H and O–H groups in total. The Morgan fingerprint density at radius 3 is 2.67 bits per heavy atom. The number of pyridine rings is 1. The van der Waals surface area contributed by atoms with Crippen LogP contribution < -0.4 is 4.18 Å². The predicted octanol–water partition coefficient (Wildman–Crippen LogP) is 2.89. The first-order valence-electron chi connectivity index (χ1n) is 6.51. The van der Waals surface area contributed by atoms with Crippen LogP contribution in [-0.4, -0.2) is 28.9 Å². The van der Waals surface area contributed by atoms with Gasteiger partial charge in [0.05, 0.1) is 11.9 Å². The molecule has 2 aromatic rings. The zero-order valence-electron chi connectivity index (χ0n) is 12.4. The summed E-state index contributed by atoms with van der Waals surface area (Å²) < 4.78 is 64.0. The van der Waals surface area contributed by atoms with E-state index in [1.165, 1.54) is 24.7 Å². The molecule has 2 heterocycles. The molecule has 2 aromatic heterocycles. The molecule has 0 aliphatic rings. The number of allylic oxidation sites excluding steroid dienone is 1. The van der Waals surface area contributed by atoms with Gasteiger partial charge in [0, 0.05) is 18.8 Å². The third-order valence-corrected chi connectivity index (χ3v) is 3.63. The van der Waals surface area contributed by atoms with Crippen molar-refractivity contribution < 1.29 is 25.8 Å². The van der Waals surface area contributed by atoms with E-state index in [9.17, 15) is 21.6 Å². The monoisotopic (exact) mass is 359 g/mol. The minimum absolute atomic E-state index is 0.0849. The van der Waals surface area contributed by atoms with Gasteiger partial charge in [0.25, 0.3) is 0 Å². The van der Waals surface area contributed by atoms with Crippen molar-refractivity contribution in [2.75, 3.05) is 0 Å². The SMILES string of the molecule is C=C(C)Cc1cncc(-c2ncccc2OS(=O)(=O)C(F)(F)F)n1. The number of hydrogen-bond donors (Lipinski definition) is 0. The normalized spacial score (nSPS) is 12.0. The summed E-state index contributed by atoms with van der Waals surface area (Å²) in [6.07, 6.45) is 4.39. The number of aromatic nitrogens is 3. The summed E-state index contributed by atoms with van der Waals surface area (Å²) in [7, 11) is -5.81. The number of hydrogen-bond acceptors (Lipinski definition) is 6. The first kappa shape index (κ1) is 17.9. The van der Waals surface area contributed by atoms with Gasteiger partial charge in [0.15, 0.2) is 5.75 Å². The van der Waals surface area contributed by atoms with Crippen LogP contribution in [0.5, 0.6) is 5.75 Å². The Kier molecular flexibility index (Phi) is 4.88. The Hall–Kier alpha value is -2.49. The summed E-state index contributed by atoms with van der Waals surface area (Å²) in [5, 5.41) is 0. The fourth-order valence-corrected chi connectivity index (χ4v) is 2.20. The van der Waals surface area contributed by atoms with E-state index >= 15 is 0 Å². The van der Waals surface area contributed by atoms with E-state index in [0.29, 0.717) is 12.1 Å². The second-order valence-electron chi connectivity index (χ2n) is 4.86. The molecule has 0 bridgehead atoms. The van der Waals surface area contributed by atoms with Crippen molar-refractivity contribution in [1.29, 1.82) is 0 Å². The smallest absolute Gasteiger partial charge is 0.374 e. The molecular weight excluding hydrogens is 347 g/mol. The van der Waals surface area contributed by atoms with Crippen molar-refractivity contribution in [2.24, 2.45) is 0 Å². The highest BCUT2D eigenvalue weighted by atomic mass is 32.2. The molecule has 128 valence electrons. The van der Waals surface area contributed by atoms with Gasteiger partial charge in [-0.2, -0.15) is 21.6 Å². The maximum absolute atomic E-state index is 12.5. The topological polar surface area (TPSA) is 82.0 Å². The van der Waals surface area contributed by atoms with Gasteiger partial charge in [-0.1, -0.05) is 12.2 Å². The van der Waals surface area contributed by atoms with E-state index in [1.54, 1.807) is 6.92 Å². The fraction of sp³-hybridized carbons (Fsp3) is 0.214. The maximum atomic E-state index is 12.5. The van der Waals surface area contributed by atoms with E-state index in [4.69, 9.17) is 0 Å². The molecule has 24 heavy (non-hydrogen) atoms. The summed E-state index contributed by atoms with van der Waals surface area (Å²) in [4.78, 5) is 12.0. The quantitative estimate of drug-likeness (QED) is 0.464. The minimum atomic E-state index is -5.81. The van der Waals surface area contributed by atoms with Gasteiger partial charge in [0.1, 0.15) is 11.4 Å². The van der Waals surface area contributed by atoms with Crippen molar-refractivity contribution in [3.63, 3.8) is 0 Å². The lowest BCUT2D eigenvalue weighted by molar-refractivity contribution is -0.0499. The lowest BCUT2D eigenvalue weighted by atomic mass is 10.2. The summed E-state index contributed by atoms with van der Waals surface area (Å²) >= 11 is 0. The zero-order chi connectivity index (χ0) is 18.0. The molecule has 6 nitrogen and oxygen atoms in total. The second-order valence-corrected chi connectivity index (χ2v) is 6.40. The molecule has 10 heteroatoms. The summed E-state index contributed by atoms with van der Waals surface area (Å²) in [6.45, 7) is 5.51. The summed E-state index contributed by atoms with van der Waals surface area (Å²) in [5.41, 5.74) is -4.31. The molecule has 0 radical (unpaired) electrons. The highest BCUT2D eigenvalue weighted by molar-refractivity contribution is 7.88. The Morgan fingerprint density at radius 2 is 2.04 bits per heavy atom. The van der Waals surface area contributed by atoms with Gasteiger partial charge >= 0.3 is 15.6 Å². The third kappa shape index (κ3) is 4.07. The van der Waals surface area contributed by atoms with Crippen molar-refractivity contribution >= 4 is 10.1 Å². The molecule has 0 saturated heterocycles. The average Bonchev–Trinajstić information content (AvgIpc) is 2.46. The van der Waals surface area contributed by atoms with Gasteiger partial charge in [-0.25, -0.2) is 4.98 Å². The summed E-state index contributed by atoms with van der Waals surface area (Å²) in [6, 6.07) is 2.30. The van der Waals surface area contributed by atoms with Crippen molar-refractivity contribution in [3.8, 4) is 17.1 Å². The van der Waals surface area contributed by atoms with Gasteiger partial charge in [-0.3, -0.25) is 9.97 Å². The number of rotatable bonds is 5. The average molecular weight is 359 g/mol. The van der Waals surface area contributed by atoms with Crippen LogP contribution in [0.3, 0.4) is 0 Å². The summed E-state index contributed by atoms with van der Waals surface area (Å²) in [5.74, 6) is -0.586. The Bertz CT molecular complexity index is 867. The molecule has 0 aliphatic carbocycles. The standard InChI is InChI=1S/C14H12F3N3O3S/c1-9(2)6-10-7-18-8-11(20-10)13-12(4-3-5-19-13)23-24(21,22)14(15,16)17/h3-5,7-8H,1,6H2,2H3. The molecular formula is C14H12F3N3O3S. The minimum Gasteiger partial charge on any atom is -0.374 e. The maximum Gasteiger partial charge on any atom is 0.534 e. The molecule has 0 spiro atoms. The largest absolute Gasteiger partial charge is 0.534 e. The van der Waals surface area contributed by atoms with Crippen LogP contribution >= 0.6 is 0 Å². The molecule has 2 rings (SSSR count). The molecule has 0 aromatic carbocycles. The van der Waals surface area contributed by atoms with Crippen molar-refractivity contribution in [1.82, 2.24) is 15.0 Å². The number of nitrogens with zero attached hydrogens (tertiary/aromatic N) is 3. The number of halogens is 3. The molecule has 0 fully saturated rings. The van der Waals surface area contributed by atoms with E-state index in [-0.39, 0.29) is 11.4 Å². The highest BCUT2D eigenvalue weighted by Gasteiger charge is 2.49. The van der Waals surface area contributed by atoms with Gasteiger partial charge < -0.3 is 4.18 Å². The Balaban J connectivity index is 2.45. The Morgan fingerprint density at radius 1 is 1.33 bits per heavy atom. The van der Waals surface area contributed by atoms with E-state index < -0.39 is 21.4 Å². The third-order valence-electron chi connectivity index (χ3n) is 2.66. The molecule has 0 atom stereocenters. The van der Waals surface area contributed by atoms with Gasteiger partial charge in [-0.15, -0.1) is 0 Å². The predicted molar refractivity (Wildman–Crippen MR) is 79.4 cm³/mol. The van der Waals surface area contributed by atoms with Crippen LogP contribution in [0.4, 0.5) is 13.2 Å². The van der Waals surface area contributed by atoms with E-state index in [2.05, 4.69) is 25.7 Å². The van der Waals surface area contributed by atoms with Crippen molar-refractivity contribution in [3.05, 3.63) is 48.6 Å². The molecule has 0 unspecified atom stereocenters. The zero-order valence-corrected chi connectivity index (χ0v) is 13.2. The van der Waals surface area contributed by atoms with Gasteiger partial charge in [-0.05, 0) is 19.1 Å². The van der Waals surface area contributed by atoms with Crippen LogP contribution in [0, 0.1) is 0 Å². The molecule has 0 aliphatic heterocycles. The lowest BCUT2D eigenvalue weighted by Gasteiger charge is -2.12. The van der Waals surface area contributed by atoms with Crippen molar-refractivity contribution in [2.45, 2.75) is 18.9 Å². The molecule has 0 saturated carbocycles. The van der Waals surface area contributed by atoms with Gasteiger partial charge in [0.2, 0.25) is 0 Å². The van der Waals surface area contributed by atoms with Crippen LogP contribution in [0.25, 0.3) is 11.4 Å².